The molecule has 0 aliphatic carbocycles. The maximum absolute atomic E-state index is 11.5. The Morgan fingerprint density at radius 1 is 1.24 bits per heavy atom. The lowest BCUT2D eigenvalue weighted by atomic mass is 10.1. The Hall–Kier alpha value is -1.94. The molecule has 0 amide bonds. The SMILES string of the molecule is CC(=O)c1ccccc1OCCSc1ccc(N)cc1C. The number of hydrogen-bond acceptors (Lipinski definition) is 4. The van der Waals surface area contributed by atoms with Crippen LogP contribution in [0.1, 0.15) is 22.8 Å². The number of ether oxygens (including phenoxy) is 1. The molecule has 110 valence electrons. The van der Waals surface area contributed by atoms with Gasteiger partial charge in [0.1, 0.15) is 5.75 Å². The summed E-state index contributed by atoms with van der Waals surface area (Å²) in [6.07, 6.45) is 0. The first-order chi connectivity index (χ1) is 10.1. The lowest BCUT2D eigenvalue weighted by molar-refractivity contribution is 0.101. The van der Waals surface area contributed by atoms with Crippen molar-refractivity contribution in [1.29, 1.82) is 0 Å². The normalized spacial score (nSPS) is 10.4. The van der Waals surface area contributed by atoms with Crippen molar-refractivity contribution in [3.63, 3.8) is 0 Å². The molecule has 0 saturated heterocycles. The van der Waals surface area contributed by atoms with E-state index in [0.717, 1.165) is 11.4 Å². The number of nitrogens with two attached hydrogens (primary N) is 1. The van der Waals surface area contributed by atoms with E-state index in [2.05, 4.69) is 0 Å². The minimum absolute atomic E-state index is 0.0210. The number of nitrogen functional groups attached to an aromatic ring is 1. The first kappa shape index (κ1) is 15.4. The number of rotatable bonds is 6. The third-order valence-electron chi connectivity index (χ3n) is 3.06. The minimum atomic E-state index is 0.0210. The Balaban J connectivity index is 1.89. The third kappa shape index (κ3) is 4.26. The fraction of sp³-hybridized carbons (Fsp3) is 0.235. The van der Waals surface area contributed by atoms with Crippen molar-refractivity contribution < 1.29 is 9.53 Å². The molecular weight excluding hydrogens is 282 g/mol. The first-order valence-electron chi connectivity index (χ1n) is 6.79. The lowest BCUT2D eigenvalue weighted by Gasteiger charge is -2.10. The molecule has 2 rings (SSSR count). The summed E-state index contributed by atoms with van der Waals surface area (Å²) in [5.41, 5.74) is 8.32. The van der Waals surface area contributed by atoms with E-state index in [1.165, 1.54) is 10.5 Å². The highest BCUT2D eigenvalue weighted by Gasteiger charge is 2.07. The number of anilines is 1. The molecule has 0 fully saturated rings. The third-order valence-corrected chi connectivity index (χ3v) is 4.20. The van der Waals surface area contributed by atoms with Crippen LogP contribution in [0.25, 0.3) is 0 Å². The smallest absolute Gasteiger partial charge is 0.163 e. The van der Waals surface area contributed by atoms with Gasteiger partial charge in [-0.3, -0.25) is 4.79 Å². The predicted octanol–water partition coefficient (Wildman–Crippen LogP) is 3.95. The highest BCUT2D eigenvalue weighted by atomic mass is 32.2. The first-order valence-corrected chi connectivity index (χ1v) is 7.78. The van der Waals surface area contributed by atoms with E-state index >= 15 is 0 Å². The lowest BCUT2D eigenvalue weighted by Crippen LogP contribution is -2.04. The van der Waals surface area contributed by atoms with Crippen LogP contribution in [0.15, 0.2) is 47.4 Å². The molecule has 2 aromatic carbocycles. The van der Waals surface area contributed by atoms with Crippen molar-refractivity contribution >= 4 is 23.2 Å². The summed E-state index contributed by atoms with van der Waals surface area (Å²) in [5.74, 6) is 1.49. The van der Waals surface area contributed by atoms with Gasteiger partial charge in [0.25, 0.3) is 0 Å². The number of para-hydroxylation sites is 1. The summed E-state index contributed by atoms with van der Waals surface area (Å²) in [4.78, 5) is 12.7. The molecule has 2 aromatic rings. The van der Waals surface area contributed by atoms with Crippen LogP contribution in [-0.4, -0.2) is 18.1 Å². The Morgan fingerprint density at radius 3 is 2.71 bits per heavy atom. The van der Waals surface area contributed by atoms with Crippen LogP contribution in [0, 0.1) is 6.92 Å². The molecular formula is C17H19NO2S. The number of carbonyl (C=O) groups excluding carboxylic acids is 1. The van der Waals surface area contributed by atoms with Crippen molar-refractivity contribution in [3.05, 3.63) is 53.6 Å². The van der Waals surface area contributed by atoms with Crippen LogP contribution in [-0.2, 0) is 0 Å². The zero-order valence-electron chi connectivity index (χ0n) is 12.3. The number of thioether (sulfide) groups is 1. The van der Waals surface area contributed by atoms with E-state index in [9.17, 15) is 4.79 Å². The molecule has 0 bridgehead atoms. The molecule has 0 aliphatic heterocycles. The molecule has 3 nitrogen and oxygen atoms in total. The van der Waals surface area contributed by atoms with Gasteiger partial charge in [-0.15, -0.1) is 11.8 Å². The van der Waals surface area contributed by atoms with Crippen LogP contribution in [0.2, 0.25) is 0 Å². The van der Waals surface area contributed by atoms with Gasteiger partial charge in [0.15, 0.2) is 5.78 Å². The molecule has 2 N–H and O–H groups in total. The number of carbonyl (C=O) groups is 1. The van der Waals surface area contributed by atoms with Crippen molar-refractivity contribution in [2.75, 3.05) is 18.1 Å². The van der Waals surface area contributed by atoms with Crippen molar-refractivity contribution in [1.82, 2.24) is 0 Å². The molecule has 0 spiro atoms. The maximum atomic E-state index is 11.5. The molecule has 0 heterocycles. The van der Waals surface area contributed by atoms with E-state index in [4.69, 9.17) is 10.5 Å². The van der Waals surface area contributed by atoms with Crippen LogP contribution < -0.4 is 10.5 Å². The molecule has 21 heavy (non-hydrogen) atoms. The fourth-order valence-corrected chi connectivity index (χ4v) is 2.86. The summed E-state index contributed by atoms with van der Waals surface area (Å²) < 4.78 is 5.72. The van der Waals surface area contributed by atoms with Gasteiger partial charge in [-0.05, 0) is 49.7 Å². The van der Waals surface area contributed by atoms with Gasteiger partial charge < -0.3 is 10.5 Å². The molecule has 4 heteroatoms. The number of hydrogen-bond donors (Lipinski definition) is 1. The average molecular weight is 301 g/mol. The molecule has 0 atom stereocenters. The van der Waals surface area contributed by atoms with Gasteiger partial charge in [0.2, 0.25) is 0 Å². The monoisotopic (exact) mass is 301 g/mol. The summed E-state index contributed by atoms with van der Waals surface area (Å²) in [5, 5.41) is 0. The van der Waals surface area contributed by atoms with Crippen LogP contribution in [0.3, 0.4) is 0 Å². The molecule has 0 aliphatic rings. The van der Waals surface area contributed by atoms with Gasteiger partial charge in [0, 0.05) is 16.3 Å². The Labute approximate surface area is 129 Å². The van der Waals surface area contributed by atoms with Crippen molar-refractivity contribution in [2.45, 2.75) is 18.7 Å². The van der Waals surface area contributed by atoms with E-state index < -0.39 is 0 Å². The number of ketones is 1. The molecule has 0 aromatic heterocycles. The zero-order chi connectivity index (χ0) is 15.2. The summed E-state index contributed by atoms with van der Waals surface area (Å²) in [6, 6.07) is 13.2. The van der Waals surface area contributed by atoms with Crippen LogP contribution in [0.5, 0.6) is 5.75 Å². The maximum Gasteiger partial charge on any atom is 0.163 e. The predicted molar refractivity (Wildman–Crippen MR) is 88.3 cm³/mol. The second-order valence-electron chi connectivity index (χ2n) is 4.77. The topological polar surface area (TPSA) is 52.3 Å². The Kier molecular flexibility index (Phi) is 5.28. The number of aryl methyl sites for hydroxylation is 1. The molecule has 0 unspecified atom stereocenters. The zero-order valence-corrected chi connectivity index (χ0v) is 13.1. The highest BCUT2D eigenvalue weighted by Crippen LogP contribution is 2.24. The Morgan fingerprint density at radius 2 is 2.00 bits per heavy atom. The molecule has 0 radical (unpaired) electrons. The van der Waals surface area contributed by atoms with Crippen LogP contribution in [0.4, 0.5) is 5.69 Å². The second kappa shape index (κ2) is 7.18. The van der Waals surface area contributed by atoms with E-state index in [1.54, 1.807) is 24.8 Å². The van der Waals surface area contributed by atoms with E-state index in [0.29, 0.717) is 17.9 Å². The average Bonchev–Trinajstić information content (AvgIpc) is 2.45. The quantitative estimate of drug-likeness (QED) is 0.380. The fourth-order valence-electron chi connectivity index (χ4n) is 2.02. The van der Waals surface area contributed by atoms with E-state index in [1.807, 2.05) is 43.3 Å². The summed E-state index contributed by atoms with van der Waals surface area (Å²) >= 11 is 1.72. The summed E-state index contributed by atoms with van der Waals surface area (Å²) in [7, 11) is 0. The van der Waals surface area contributed by atoms with Gasteiger partial charge in [-0.1, -0.05) is 12.1 Å². The largest absolute Gasteiger partial charge is 0.492 e. The summed E-state index contributed by atoms with van der Waals surface area (Å²) in [6.45, 7) is 4.15. The highest BCUT2D eigenvalue weighted by molar-refractivity contribution is 7.99. The second-order valence-corrected chi connectivity index (χ2v) is 5.91. The van der Waals surface area contributed by atoms with Gasteiger partial charge in [-0.25, -0.2) is 0 Å². The standard InChI is InChI=1S/C17H19NO2S/c1-12-11-14(18)7-8-17(12)21-10-9-20-16-6-4-3-5-15(16)13(2)19/h3-8,11H,9-10,18H2,1-2H3. The van der Waals surface area contributed by atoms with Crippen molar-refractivity contribution in [3.8, 4) is 5.75 Å². The van der Waals surface area contributed by atoms with Crippen molar-refractivity contribution in [2.24, 2.45) is 0 Å². The number of benzene rings is 2. The molecule has 0 saturated carbocycles. The number of Topliss-reactive ketones (excluding diaryl/α,β-unsaturated/α-hetero) is 1. The van der Waals surface area contributed by atoms with Crippen LogP contribution >= 0.6 is 11.8 Å². The van der Waals surface area contributed by atoms with E-state index in [-0.39, 0.29) is 5.78 Å². The van der Waals surface area contributed by atoms with Gasteiger partial charge >= 0.3 is 0 Å². The Bertz CT molecular complexity index is 640. The van der Waals surface area contributed by atoms with Gasteiger partial charge in [0.05, 0.1) is 12.2 Å². The van der Waals surface area contributed by atoms with Gasteiger partial charge in [-0.2, -0.15) is 0 Å². The minimum Gasteiger partial charge on any atom is -0.492 e.